The molecule has 4 heteroatoms. The number of morpholine rings is 1. The zero-order chi connectivity index (χ0) is 9.97. The predicted molar refractivity (Wildman–Crippen MR) is 51.1 cm³/mol. The van der Waals surface area contributed by atoms with E-state index in [0.29, 0.717) is 26.3 Å². The summed E-state index contributed by atoms with van der Waals surface area (Å²) in [5, 5.41) is 9.52. The summed E-state index contributed by atoms with van der Waals surface area (Å²) in [6.45, 7) is 2.39. The third-order valence-electron chi connectivity index (χ3n) is 2.29. The maximum absolute atomic E-state index is 13.4. The van der Waals surface area contributed by atoms with Crippen LogP contribution in [0, 0.1) is 5.82 Å². The predicted octanol–water partition coefficient (Wildman–Crippen LogP) is 1.37. The average molecular weight is 197 g/mol. The number of aromatic hydroxyl groups is 1. The molecule has 76 valence electrons. The fraction of sp³-hybridized carbons (Fsp3) is 0.400. The number of benzene rings is 1. The number of para-hydroxylation sites is 1. The Morgan fingerprint density at radius 3 is 2.64 bits per heavy atom. The van der Waals surface area contributed by atoms with E-state index in [2.05, 4.69) is 0 Å². The highest BCUT2D eigenvalue weighted by atomic mass is 19.1. The largest absolute Gasteiger partial charge is 0.506 e. The molecule has 1 aromatic carbocycles. The summed E-state index contributed by atoms with van der Waals surface area (Å²) in [6, 6.07) is 4.34. The van der Waals surface area contributed by atoms with Gasteiger partial charge in [-0.3, -0.25) is 0 Å². The molecule has 0 aliphatic carbocycles. The highest BCUT2D eigenvalue weighted by molar-refractivity contribution is 5.58. The Labute approximate surface area is 81.7 Å². The Balaban J connectivity index is 2.29. The molecule has 0 saturated carbocycles. The molecule has 14 heavy (non-hydrogen) atoms. The van der Waals surface area contributed by atoms with Crippen LogP contribution in [0.2, 0.25) is 0 Å². The molecule has 0 aromatic heterocycles. The quantitative estimate of drug-likeness (QED) is 0.738. The molecule has 0 radical (unpaired) electrons. The first kappa shape index (κ1) is 9.27. The van der Waals surface area contributed by atoms with Crippen LogP contribution >= 0.6 is 0 Å². The molecule has 0 amide bonds. The van der Waals surface area contributed by atoms with Crippen LogP contribution in [0.25, 0.3) is 0 Å². The summed E-state index contributed by atoms with van der Waals surface area (Å²) in [6.07, 6.45) is 0. The minimum Gasteiger partial charge on any atom is -0.506 e. The fourth-order valence-corrected chi connectivity index (χ4v) is 1.60. The molecule has 1 heterocycles. The van der Waals surface area contributed by atoms with Crippen molar-refractivity contribution < 1.29 is 14.2 Å². The average Bonchev–Trinajstić information content (AvgIpc) is 2.19. The number of phenolic OH excluding ortho intramolecular Hbond substituents is 1. The molecule has 1 aliphatic rings. The lowest BCUT2D eigenvalue weighted by atomic mass is 10.2. The van der Waals surface area contributed by atoms with Crippen molar-refractivity contribution in [3.63, 3.8) is 0 Å². The van der Waals surface area contributed by atoms with Gasteiger partial charge in [-0.2, -0.15) is 0 Å². The van der Waals surface area contributed by atoms with Crippen molar-refractivity contribution in [3.8, 4) is 5.75 Å². The topological polar surface area (TPSA) is 32.7 Å². The first-order valence-electron chi connectivity index (χ1n) is 4.59. The third-order valence-corrected chi connectivity index (χ3v) is 2.29. The summed E-state index contributed by atoms with van der Waals surface area (Å²) in [7, 11) is 0. The SMILES string of the molecule is Oc1cccc(F)c1N1CCOCC1. The number of hydrogen-bond donors (Lipinski definition) is 1. The van der Waals surface area contributed by atoms with Crippen molar-refractivity contribution in [1.29, 1.82) is 0 Å². The zero-order valence-corrected chi connectivity index (χ0v) is 7.74. The molecule has 3 nitrogen and oxygen atoms in total. The first-order chi connectivity index (χ1) is 6.79. The summed E-state index contributed by atoms with van der Waals surface area (Å²) in [5.74, 6) is -0.390. The van der Waals surface area contributed by atoms with Gasteiger partial charge in [-0.1, -0.05) is 6.07 Å². The fourth-order valence-electron chi connectivity index (χ4n) is 1.60. The molecule has 1 N–H and O–H groups in total. The van der Waals surface area contributed by atoms with Gasteiger partial charge in [-0.25, -0.2) is 4.39 Å². The highest BCUT2D eigenvalue weighted by Gasteiger charge is 2.17. The molecule has 0 unspecified atom stereocenters. The normalized spacial score (nSPS) is 17.1. The number of anilines is 1. The number of nitrogens with zero attached hydrogens (tertiary/aromatic N) is 1. The van der Waals surface area contributed by atoms with Gasteiger partial charge in [0.05, 0.1) is 13.2 Å². The van der Waals surface area contributed by atoms with Gasteiger partial charge in [-0.15, -0.1) is 0 Å². The van der Waals surface area contributed by atoms with E-state index in [0.717, 1.165) is 0 Å². The third kappa shape index (κ3) is 1.65. The summed E-state index contributed by atoms with van der Waals surface area (Å²) < 4.78 is 18.5. The Morgan fingerprint density at radius 1 is 1.29 bits per heavy atom. The summed E-state index contributed by atoms with van der Waals surface area (Å²) in [4.78, 5) is 1.80. The van der Waals surface area contributed by atoms with Crippen LogP contribution in [0.1, 0.15) is 0 Å². The second-order valence-corrected chi connectivity index (χ2v) is 3.21. The van der Waals surface area contributed by atoms with Gasteiger partial charge < -0.3 is 14.7 Å². The van der Waals surface area contributed by atoms with Gasteiger partial charge in [0.1, 0.15) is 17.3 Å². The lowest BCUT2D eigenvalue weighted by molar-refractivity contribution is 0.122. The van der Waals surface area contributed by atoms with Crippen molar-refractivity contribution in [2.75, 3.05) is 31.2 Å². The van der Waals surface area contributed by atoms with Gasteiger partial charge in [0.25, 0.3) is 0 Å². The highest BCUT2D eigenvalue weighted by Crippen LogP contribution is 2.30. The van der Waals surface area contributed by atoms with Crippen LogP contribution < -0.4 is 4.90 Å². The Morgan fingerprint density at radius 2 is 2.00 bits per heavy atom. The van der Waals surface area contributed by atoms with Gasteiger partial charge in [0, 0.05) is 13.1 Å². The van der Waals surface area contributed by atoms with Gasteiger partial charge in [0.15, 0.2) is 0 Å². The van der Waals surface area contributed by atoms with E-state index in [1.807, 2.05) is 0 Å². The van der Waals surface area contributed by atoms with Crippen molar-refractivity contribution in [1.82, 2.24) is 0 Å². The lowest BCUT2D eigenvalue weighted by Crippen LogP contribution is -2.36. The molecule has 0 bridgehead atoms. The Hall–Kier alpha value is -1.29. The van der Waals surface area contributed by atoms with Crippen LogP contribution in [0.3, 0.4) is 0 Å². The van der Waals surface area contributed by atoms with E-state index < -0.39 is 0 Å². The maximum atomic E-state index is 13.4. The van der Waals surface area contributed by atoms with Crippen molar-refractivity contribution in [2.45, 2.75) is 0 Å². The monoisotopic (exact) mass is 197 g/mol. The standard InChI is InChI=1S/C10H12FNO2/c11-8-2-1-3-9(13)10(8)12-4-6-14-7-5-12/h1-3,13H,4-7H2. The molecule has 1 fully saturated rings. The minimum absolute atomic E-state index is 0.00750. The van der Waals surface area contributed by atoms with E-state index >= 15 is 0 Å². The molecular formula is C10H12FNO2. The number of halogens is 1. The van der Waals surface area contributed by atoms with Crippen molar-refractivity contribution in [3.05, 3.63) is 24.0 Å². The molecule has 1 aromatic rings. The van der Waals surface area contributed by atoms with Crippen LogP contribution in [0.15, 0.2) is 18.2 Å². The van der Waals surface area contributed by atoms with E-state index in [9.17, 15) is 9.50 Å². The van der Waals surface area contributed by atoms with Crippen molar-refractivity contribution >= 4 is 5.69 Å². The number of ether oxygens (including phenoxy) is 1. The molecule has 1 aliphatic heterocycles. The zero-order valence-electron chi connectivity index (χ0n) is 7.74. The molecular weight excluding hydrogens is 185 g/mol. The van der Waals surface area contributed by atoms with E-state index in [-0.39, 0.29) is 17.3 Å². The van der Waals surface area contributed by atoms with Crippen LogP contribution in [-0.2, 0) is 4.74 Å². The van der Waals surface area contributed by atoms with Gasteiger partial charge in [-0.05, 0) is 12.1 Å². The maximum Gasteiger partial charge on any atom is 0.150 e. The smallest absolute Gasteiger partial charge is 0.150 e. The Bertz CT molecular complexity index is 304. The van der Waals surface area contributed by atoms with Crippen LogP contribution in [0.4, 0.5) is 10.1 Å². The van der Waals surface area contributed by atoms with E-state index in [4.69, 9.17) is 4.74 Å². The van der Waals surface area contributed by atoms with Crippen LogP contribution in [-0.4, -0.2) is 31.4 Å². The van der Waals surface area contributed by atoms with Crippen LogP contribution in [0.5, 0.6) is 5.75 Å². The summed E-state index contributed by atoms with van der Waals surface area (Å²) >= 11 is 0. The molecule has 1 saturated heterocycles. The number of rotatable bonds is 1. The molecule has 0 spiro atoms. The molecule has 0 atom stereocenters. The first-order valence-corrected chi connectivity index (χ1v) is 4.59. The summed E-state index contributed by atoms with van der Waals surface area (Å²) in [5.41, 5.74) is 0.288. The second-order valence-electron chi connectivity index (χ2n) is 3.21. The van der Waals surface area contributed by atoms with Gasteiger partial charge in [0.2, 0.25) is 0 Å². The Kier molecular flexibility index (Phi) is 2.54. The van der Waals surface area contributed by atoms with E-state index in [1.54, 1.807) is 4.90 Å². The molecule has 2 rings (SSSR count). The van der Waals surface area contributed by atoms with E-state index in [1.165, 1.54) is 18.2 Å². The van der Waals surface area contributed by atoms with Crippen molar-refractivity contribution in [2.24, 2.45) is 0 Å². The lowest BCUT2D eigenvalue weighted by Gasteiger charge is -2.29. The van der Waals surface area contributed by atoms with Gasteiger partial charge >= 0.3 is 0 Å². The number of phenols is 1. The minimum atomic E-state index is -0.383. The number of hydrogen-bond acceptors (Lipinski definition) is 3. The second kappa shape index (κ2) is 3.84.